The maximum atomic E-state index is 12.9. The molecule has 0 fully saturated rings. The molecular formula is C14H9F3LiN5O3. The fourth-order valence-corrected chi connectivity index (χ4v) is 2.77. The Morgan fingerprint density at radius 2 is 2.00 bits per heavy atom. The number of oxazole rings is 1. The number of rotatable bonds is 2. The number of halogens is 3. The summed E-state index contributed by atoms with van der Waals surface area (Å²) in [6.45, 7) is 0.196. The number of para-hydroxylation sites is 1. The number of hydrogen-bond acceptors (Lipinski definition) is 7. The first-order valence-corrected chi connectivity index (χ1v) is 7.19. The van der Waals surface area contributed by atoms with Crippen LogP contribution in [0.5, 0.6) is 0 Å². The summed E-state index contributed by atoms with van der Waals surface area (Å²) in [5.41, 5.74) is 0.257. The van der Waals surface area contributed by atoms with Gasteiger partial charge < -0.3 is 23.8 Å². The molecule has 0 radical (unpaired) electrons. The van der Waals surface area contributed by atoms with E-state index in [1.807, 2.05) is 0 Å². The molecule has 0 N–H and O–H groups in total. The van der Waals surface area contributed by atoms with Crippen LogP contribution >= 0.6 is 0 Å². The molecule has 0 atom stereocenters. The number of anilines is 1. The topological polar surface area (TPSA) is 100 Å². The zero-order valence-electron chi connectivity index (χ0n) is 13.4. The molecule has 1 aliphatic heterocycles. The SMILES string of the molecule is O=C([O-])c1cccc2oc(N3CCn4c(nnc4C(F)(F)F)C3)nc12.[Li+]. The first-order valence-electron chi connectivity index (χ1n) is 7.19. The van der Waals surface area contributed by atoms with Gasteiger partial charge >= 0.3 is 25.0 Å². The van der Waals surface area contributed by atoms with Crippen molar-refractivity contribution in [3.8, 4) is 0 Å². The average Bonchev–Trinajstić information content (AvgIpc) is 3.16. The number of carbonyl (C=O) groups is 1. The summed E-state index contributed by atoms with van der Waals surface area (Å²) in [5.74, 6) is -2.31. The third kappa shape index (κ3) is 2.93. The van der Waals surface area contributed by atoms with Gasteiger partial charge in [0, 0.05) is 18.7 Å². The van der Waals surface area contributed by atoms with Crippen LogP contribution in [0.4, 0.5) is 19.2 Å². The third-order valence-corrected chi connectivity index (χ3v) is 3.90. The van der Waals surface area contributed by atoms with Gasteiger partial charge in [-0.15, -0.1) is 10.2 Å². The number of carbonyl (C=O) groups excluding carboxylic acids is 1. The maximum absolute atomic E-state index is 12.9. The van der Waals surface area contributed by atoms with Gasteiger partial charge in [-0.2, -0.15) is 18.2 Å². The number of fused-ring (bicyclic) bond motifs is 2. The van der Waals surface area contributed by atoms with Crippen molar-refractivity contribution in [1.29, 1.82) is 0 Å². The standard InChI is InChI=1S/C14H10F3N5O3.Li/c15-14(16,17)12-20-19-9-6-21(4-5-22(9)12)13-18-10-7(11(23)24)2-1-3-8(10)25-13;/h1-3H,4-6H2,(H,23,24);/q;+1/p-1. The predicted octanol–water partition coefficient (Wildman–Crippen LogP) is -2.17. The summed E-state index contributed by atoms with van der Waals surface area (Å²) in [6.07, 6.45) is -4.57. The number of benzene rings is 1. The van der Waals surface area contributed by atoms with Crippen LogP contribution < -0.4 is 28.9 Å². The van der Waals surface area contributed by atoms with Gasteiger partial charge in [0.05, 0.1) is 12.5 Å². The zero-order valence-corrected chi connectivity index (χ0v) is 13.4. The second kappa shape index (κ2) is 6.33. The Labute approximate surface area is 155 Å². The van der Waals surface area contributed by atoms with E-state index in [1.54, 1.807) is 11.0 Å². The molecule has 4 rings (SSSR count). The number of nitrogens with zero attached hydrogens (tertiary/aromatic N) is 5. The second-order valence-electron chi connectivity index (χ2n) is 5.45. The Hall–Kier alpha value is -2.51. The summed E-state index contributed by atoms with van der Waals surface area (Å²) in [6, 6.07) is 4.48. The summed E-state index contributed by atoms with van der Waals surface area (Å²) in [5, 5.41) is 17.9. The van der Waals surface area contributed by atoms with Gasteiger partial charge in [0.1, 0.15) is 5.52 Å². The maximum Gasteiger partial charge on any atom is 1.00 e. The fraction of sp³-hybridized carbons (Fsp3) is 0.286. The van der Waals surface area contributed by atoms with E-state index in [9.17, 15) is 23.1 Å². The van der Waals surface area contributed by atoms with Gasteiger partial charge in [-0.05, 0) is 6.07 Å². The van der Waals surface area contributed by atoms with Gasteiger partial charge in [-0.3, -0.25) is 0 Å². The van der Waals surface area contributed by atoms with Gasteiger partial charge in [-0.1, -0.05) is 12.1 Å². The molecule has 3 heterocycles. The summed E-state index contributed by atoms with van der Waals surface area (Å²) in [4.78, 5) is 16.8. The Bertz CT molecular complexity index is 984. The minimum Gasteiger partial charge on any atom is -0.545 e. The van der Waals surface area contributed by atoms with Gasteiger partial charge in [0.25, 0.3) is 6.01 Å². The molecule has 0 spiro atoms. The molecule has 3 aromatic rings. The normalized spacial score (nSPS) is 14.2. The zero-order chi connectivity index (χ0) is 17.8. The van der Waals surface area contributed by atoms with Crippen molar-refractivity contribution in [1.82, 2.24) is 19.7 Å². The van der Waals surface area contributed by atoms with Crippen molar-refractivity contribution in [2.75, 3.05) is 11.4 Å². The van der Waals surface area contributed by atoms with Crippen molar-refractivity contribution >= 4 is 23.1 Å². The van der Waals surface area contributed by atoms with E-state index >= 15 is 0 Å². The van der Waals surface area contributed by atoms with Crippen molar-refractivity contribution in [3.05, 3.63) is 35.4 Å². The van der Waals surface area contributed by atoms with E-state index in [2.05, 4.69) is 15.2 Å². The van der Waals surface area contributed by atoms with E-state index in [-0.39, 0.29) is 67.0 Å². The van der Waals surface area contributed by atoms with E-state index in [1.165, 1.54) is 12.1 Å². The average molecular weight is 359 g/mol. The van der Waals surface area contributed by atoms with E-state index in [0.717, 1.165) is 4.57 Å². The summed E-state index contributed by atoms with van der Waals surface area (Å²) >= 11 is 0. The third-order valence-electron chi connectivity index (χ3n) is 3.90. The van der Waals surface area contributed by atoms with Crippen molar-refractivity contribution in [2.24, 2.45) is 0 Å². The van der Waals surface area contributed by atoms with E-state index in [0.29, 0.717) is 0 Å². The number of aromatic carboxylic acids is 1. The number of alkyl halides is 3. The molecule has 0 saturated carbocycles. The molecule has 26 heavy (non-hydrogen) atoms. The van der Waals surface area contributed by atoms with Crippen LogP contribution in [0.15, 0.2) is 22.6 Å². The molecule has 12 heteroatoms. The molecule has 0 saturated heterocycles. The molecule has 1 aromatic carbocycles. The number of carboxylic acid groups (broad SMARTS) is 1. The second-order valence-corrected chi connectivity index (χ2v) is 5.45. The van der Waals surface area contributed by atoms with Crippen LogP contribution in [0.3, 0.4) is 0 Å². The molecule has 0 aliphatic carbocycles. The molecule has 1 aliphatic rings. The molecule has 0 amide bonds. The monoisotopic (exact) mass is 359 g/mol. The van der Waals surface area contributed by atoms with Gasteiger partial charge in [-0.25, -0.2) is 0 Å². The van der Waals surface area contributed by atoms with E-state index < -0.39 is 18.0 Å². The van der Waals surface area contributed by atoms with Crippen LogP contribution in [0, 0.1) is 0 Å². The van der Waals surface area contributed by atoms with Crippen LogP contribution in [-0.4, -0.2) is 32.3 Å². The molecule has 0 unspecified atom stereocenters. The Balaban J connectivity index is 0.00000196. The van der Waals surface area contributed by atoms with Gasteiger partial charge in [0.15, 0.2) is 11.4 Å². The Morgan fingerprint density at radius 3 is 2.69 bits per heavy atom. The molecule has 0 bridgehead atoms. The largest absolute Gasteiger partial charge is 1.00 e. The van der Waals surface area contributed by atoms with Crippen LogP contribution in [0.25, 0.3) is 11.1 Å². The molecule has 8 nitrogen and oxygen atoms in total. The van der Waals surface area contributed by atoms with Crippen molar-refractivity contribution in [3.63, 3.8) is 0 Å². The smallest absolute Gasteiger partial charge is 0.545 e. The predicted molar refractivity (Wildman–Crippen MR) is 74.4 cm³/mol. The van der Waals surface area contributed by atoms with Crippen LogP contribution in [0.1, 0.15) is 22.0 Å². The quantitative estimate of drug-likeness (QED) is 0.480. The number of carboxylic acids is 1. The number of aromatic nitrogens is 4. The first kappa shape index (κ1) is 18.3. The minimum atomic E-state index is -4.57. The van der Waals surface area contributed by atoms with Crippen LogP contribution in [0.2, 0.25) is 0 Å². The molecular weight excluding hydrogens is 350 g/mol. The number of hydrogen-bond donors (Lipinski definition) is 0. The van der Waals surface area contributed by atoms with E-state index in [4.69, 9.17) is 4.42 Å². The Morgan fingerprint density at radius 1 is 1.23 bits per heavy atom. The first-order chi connectivity index (χ1) is 11.8. The van der Waals surface area contributed by atoms with Crippen molar-refractivity contribution < 1.29 is 46.4 Å². The fourth-order valence-electron chi connectivity index (χ4n) is 2.77. The van der Waals surface area contributed by atoms with Crippen molar-refractivity contribution in [2.45, 2.75) is 19.3 Å². The minimum absolute atomic E-state index is 0. The Kier molecular flexibility index (Phi) is 4.45. The van der Waals surface area contributed by atoms with Crippen LogP contribution in [-0.2, 0) is 19.3 Å². The molecule has 130 valence electrons. The van der Waals surface area contributed by atoms with Gasteiger partial charge in [0.2, 0.25) is 5.82 Å². The summed E-state index contributed by atoms with van der Waals surface area (Å²) < 4.78 is 45.1. The summed E-state index contributed by atoms with van der Waals surface area (Å²) in [7, 11) is 0. The molecule has 2 aromatic heterocycles.